The van der Waals surface area contributed by atoms with Gasteiger partial charge in [0.05, 0.1) is 31.0 Å². The fourth-order valence-electron chi connectivity index (χ4n) is 2.93. The zero-order valence-electron chi connectivity index (χ0n) is 15.6. The average molecular weight is 350 g/mol. The number of hydrogen-bond acceptors (Lipinski definition) is 4. The zero-order valence-corrected chi connectivity index (χ0v) is 15.6. The van der Waals surface area contributed by atoms with E-state index in [9.17, 15) is 4.79 Å². The van der Waals surface area contributed by atoms with E-state index in [0.29, 0.717) is 28.4 Å². The van der Waals surface area contributed by atoms with Crippen molar-refractivity contribution in [3.8, 4) is 11.5 Å². The second kappa shape index (κ2) is 7.04. The maximum Gasteiger partial charge on any atom is 0.257 e. The molecular formula is C21H22N2O3. The van der Waals surface area contributed by atoms with Gasteiger partial charge in [0.2, 0.25) is 0 Å². The van der Waals surface area contributed by atoms with Crippen molar-refractivity contribution >= 4 is 22.5 Å². The molecule has 0 radical (unpaired) electrons. The molecule has 134 valence electrons. The lowest BCUT2D eigenvalue weighted by Gasteiger charge is -2.14. The van der Waals surface area contributed by atoms with Crippen molar-refractivity contribution in [3.05, 3.63) is 58.8 Å². The first-order valence-corrected chi connectivity index (χ1v) is 8.35. The highest BCUT2D eigenvalue weighted by Gasteiger charge is 2.15. The van der Waals surface area contributed by atoms with Gasteiger partial charge < -0.3 is 14.8 Å². The number of pyridine rings is 1. The second-order valence-corrected chi connectivity index (χ2v) is 6.29. The molecule has 0 unspecified atom stereocenters. The summed E-state index contributed by atoms with van der Waals surface area (Å²) in [6.07, 6.45) is 0. The Balaban J connectivity index is 1.98. The summed E-state index contributed by atoms with van der Waals surface area (Å²) in [6.45, 7) is 5.77. The third-order valence-electron chi connectivity index (χ3n) is 4.38. The third kappa shape index (κ3) is 3.33. The molecule has 3 aromatic rings. The molecule has 0 atom stereocenters. The average Bonchev–Trinajstić information content (AvgIpc) is 2.62. The van der Waals surface area contributed by atoms with Crippen LogP contribution >= 0.6 is 0 Å². The van der Waals surface area contributed by atoms with Crippen LogP contribution < -0.4 is 14.8 Å². The number of benzene rings is 2. The quantitative estimate of drug-likeness (QED) is 0.756. The minimum atomic E-state index is -0.200. The molecule has 0 saturated heterocycles. The normalized spacial score (nSPS) is 10.7. The summed E-state index contributed by atoms with van der Waals surface area (Å²) in [5, 5.41) is 3.91. The van der Waals surface area contributed by atoms with Gasteiger partial charge >= 0.3 is 0 Å². The van der Waals surface area contributed by atoms with Crippen LogP contribution in [0.5, 0.6) is 11.5 Å². The number of methoxy groups -OCH3 is 2. The molecule has 1 heterocycles. The molecule has 0 saturated carbocycles. The number of ether oxygens (including phenoxy) is 2. The van der Waals surface area contributed by atoms with Gasteiger partial charge in [-0.2, -0.15) is 0 Å². The summed E-state index contributed by atoms with van der Waals surface area (Å²) >= 11 is 0. The predicted octanol–water partition coefficient (Wildman–Crippen LogP) is 4.43. The molecule has 1 amide bonds. The van der Waals surface area contributed by atoms with Crippen LogP contribution in [0.25, 0.3) is 10.9 Å². The van der Waals surface area contributed by atoms with Crippen molar-refractivity contribution in [1.29, 1.82) is 0 Å². The Morgan fingerprint density at radius 2 is 1.65 bits per heavy atom. The number of hydrogen-bond donors (Lipinski definition) is 1. The molecule has 0 aliphatic carbocycles. The van der Waals surface area contributed by atoms with Crippen LogP contribution in [0.15, 0.2) is 36.4 Å². The number of rotatable bonds is 4. The molecule has 26 heavy (non-hydrogen) atoms. The number of aromatic nitrogens is 1. The van der Waals surface area contributed by atoms with Crippen LogP contribution in [0, 0.1) is 20.8 Å². The fraction of sp³-hybridized carbons (Fsp3) is 0.238. The van der Waals surface area contributed by atoms with Gasteiger partial charge in [-0.05, 0) is 50.6 Å². The highest BCUT2D eigenvalue weighted by atomic mass is 16.5. The molecule has 1 N–H and O–H groups in total. The molecule has 0 spiro atoms. The Hall–Kier alpha value is -3.08. The summed E-state index contributed by atoms with van der Waals surface area (Å²) in [4.78, 5) is 17.4. The molecule has 2 aromatic carbocycles. The maximum atomic E-state index is 12.8. The smallest absolute Gasteiger partial charge is 0.257 e. The van der Waals surface area contributed by atoms with Gasteiger partial charge in [0.25, 0.3) is 5.91 Å². The van der Waals surface area contributed by atoms with Crippen molar-refractivity contribution in [1.82, 2.24) is 4.98 Å². The Kier molecular flexibility index (Phi) is 4.80. The van der Waals surface area contributed by atoms with E-state index >= 15 is 0 Å². The van der Waals surface area contributed by atoms with Crippen molar-refractivity contribution < 1.29 is 14.3 Å². The van der Waals surface area contributed by atoms with E-state index in [-0.39, 0.29) is 5.91 Å². The molecule has 0 aliphatic rings. The molecule has 0 aliphatic heterocycles. The van der Waals surface area contributed by atoms with E-state index in [0.717, 1.165) is 22.0 Å². The van der Waals surface area contributed by atoms with E-state index in [1.165, 1.54) is 0 Å². The van der Waals surface area contributed by atoms with Crippen LogP contribution in [0.4, 0.5) is 5.69 Å². The summed E-state index contributed by atoms with van der Waals surface area (Å²) in [5.41, 5.74) is 4.82. The Morgan fingerprint density at radius 1 is 0.962 bits per heavy atom. The predicted molar refractivity (Wildman–Crippen MR) is 103 cm³/mol. The third-order valence-corrected chi connectivity index (χ3v) is 4.38. The first kappa shape index (κ1) is 17.7. The van der Waals surface area contributed by atoms with Crippen molar-refractivity contribution in [2.75, 3.05) is 19.5 Å². The van der Waals surface area contributed by atoms with Gasteiger partial charge in [-0.15, -0.1) is 0 Å². The number of anilines is 1. The van der Waals surface area contributed by atoms with E-state index in [1.54, 1.807) is 20.3 Å². The van der Waals surface area contributed by atoms with Crippen LogP contribution in [0.1, 0.15) is 27.2 Å². The number of nitrogens with zero attached hydrogens (tertiary/aromatic N) is 1. The van der Waals surface area contributed by atoms with Gasteiger partial charge in [0.15, 0.2) is 11.5 Å². The van der Waals surface area contributed by atoms with Crippen molar-refractivity contribution in [3.63, 3.8) is 0 Å². The highest BCUT2D eigenvalue weighted by Crippen LogP contribution is 2.33. The second-order valence-electron chi connectivity index (χ2n) is 6.29. The molecule has 3 rings (SSSR count). The minimum absolute atomic E-state index is 0.200. The molecule has 1 aromatic heterocycles. The first-order valence-electron chi connectivity index (χ1n) is 8.35. The van der Waals surface area contributed by atoms with Crippen LogP contribution in [-0.2, 0) is 0 Å². The molecule has 5 heteroatoms. The number of nitrogens with one attached hydrogen (secondary N) is 1. The van der Waals surface area contributed by atoms with E-state index in [2.05, 4.69) is 10.3 Å². The lowest BCUT2D eigenvalue weighted by Crippen LogP contribution is -2.15. The van der Waals surface area contributed by atoms with E-state index in [4.69, 9.17) is 9.47 Å². The number of amides is 1. The lowest BCUT2D eigenvalue weighted by atomic mass is 10.1. The highest BCUT2D eigenvalue weighted by molar-refractivity contribution is 6.07. The van der Waals surface area contributed by atoms with Gasteiger partial charge in [0.1, 0.15) is 0 Å². The molecule has 0 bridgehead atoms. The van der Waals surface area contributed by atoms with Gasteiger partial charge in [-0.1, -0.05) is 11.6 Å². The molecule has 0 fully saturated rings. The number of carbonyl (C=O) groups excluding carboxylic acids is 1. The standard InChI is InChI=1S/C21H22N2O3/c1-12-6-7-17-15(8-12)10-16(14(3)22-17)21(24)23-18-11-20(26-5)19(25-4)9-13(18)2/h6-11H,1-5H3,(H,23,24). The largest absolute Gasteiger partial charge is 0.493 e. The Morgan fingerprint density at radius 3 is 2.35 bits per heavy atom. The Labute approximate surface area is 153 Å². The number of carbonyl (C=O) groups is 1. The van der Waals surface area contributed by atoms with Gasteiger partial charge in [0, 0.05) is 17.1 Å². The Bertz CT molecular complexity index is 996. The fourth-order valence-corrected chi connectivity index (χ4v) is 2.93. The van der Waals surface area contributed by atoms with Crippen LogP contribution in [0.2, 0.25) is 0 Å². The minimum Gasteiger partial charge on any atom is -0.493 e. The zero-order chi connectivity index (χ0) is 18.8. The van der Waals surface area contributed by atoms with Gasteiger partial charge in [-0.3, -0.25) is 9.78 Å². The van der Waals surface area contributed by atoms with Crippen molar-refractivity contribution in [2.45, 2.75) is 20.8 Å². The van der Waals surface area contributed by atoms with Crippen molar-refractivity contribution in [2.24, 2.45) is 0 Å². The monoisotopic (exact) mass is 350 g/mol. The van der Waals surface area contributed by atoms with Crippen LogP contribution in [0.3, 0.4) is 0 Å². The van der Waals surface area contributed by atoms with E-state index in [1.807, 2.05) is 51.1 Å². The summed E-state index contributed by atoms with van der Waals surface area (Å²) in [5.74, 6) is 0.994. The molecule has 5 nitrogen and oxygen atoms in total. The maximum absolute atomic E-state index is 12.8. The SMILES string of the molecule is COc1cc(C)c(NC(=O)c2cc3cc(C)ccc3nc2C)cc1OC. The summed E-state index contributed by atoms with van der Waals surface area (Å²) in [7, 11) is 3.15. The van der Waals surface area contributed by atoms with Gasteiger partial charge in [-0.25, -0.2) is 0 Å². The number of aryl methyl sites for hydroxylation is 3. The topological polar surface area (TPSA) is 60.5 Å². The summed E-state index contributed by atoms with van der Waals surface area (Å²) in [6, 6.07) is 11.5. The van der Waals surface area contributed by atoms with Crippen LogP contribution in [-0.4, -0.2) is 25.1 Å². The number of fused-ring (bicyclic) bond motifs is 1. The molecular weight excluding hydrogens is 328 g/mol. The lowest BCUT2D eigenvalue weighted by molar-refractivity contribution is 0.102. The first-order chi connectivity index (χ1) is 12.4. The van der Waals surface area contributed by atoms with E-state index < -0.39 is 0 Å². The summed E-state index contributed by atoms with van der Waals surface area (Å²) < 4.78 is 10.6.